The van der Waals surface area contributed by atoms with Gasteiger partial charge >= 0.3 is 0 Å². The Balaban J connectivity index is 0.00000264. The number of carbonyl (C=O) groups excluding carboxylic acids is 2. The number of rotatable bonds is 6. The van der Waals surface area contributed by atoms with E-state index in [9.17, 15) is 9.59 Å². The highest BCUT2D eigenvalue weighted by Gasteiger charge is 2.18. The lowest BCUT2D eigenvalue weighted by atomic mass is 10.1. The van der Waals surface area contributed by atoms with E-state index in [1.54, 1.807) is 6.07 Å². The summed E-state index contributed by atoms with van der Waals surface area (Å²) in [6.45, 7) is 2.49. The SMILES string of the molecule is CNCCCC(=O)Nc1cccc(C(=O)N2CCCCC2)c1.Cl. The van der Waals surface area contributed by atoms with Gasteiger partial charge in [0.05, 0.1) is 0 Å². The monoisotopic (exact) mass is 339 g/mol. The van der Waals surface area contributed by atoms with Crippen LogP contribution in [0.2, 0.25) is 0 Å². The summed E-state index contributed by atoms with van der Waals surface area (Å²) in [6.07, 6.45) is 4.63. The number of hydrogen-bond acceptors (Lipinski definition) is 3. The van der Waals surface area contributed by atoms with Crippen molar-refractivity contribution in [2.24, 2.45) is 0 Å². The summed E-state index contributed by atoms with van der Waals surface area (Å²) in [5.74, 6) is 0.0452. The summed E-state index contributed by atoms with van der Waals surface area (Å²) in [5, 5.41) is 5.88. The van der Waals surface area contributed by atoms with Crippen LogP contribution in [0.25, 0.3) is 0 Å². The van der Waals surface area contributed by atoms with Gasteiger partial charge in [0.25, 0.3) is 5.91 Å². The van der Waals surface area contributed by atoms with Crippen LogP contribution in [0, 0.1) is 0 Å². The van der Waals surface area contributed by atoms with Gasteiger partial charge < -0.3 is 15.5 Å². The van der Waals surface area contributed by atoms with Crippen LogP contribution in [0.3, 0.4) is 0 Å². The first-order valence-corrected chi connectivity index (χ1v) is 8.04. The smallest absolute Gasteiger partial charge is 0.253 e. The van der Waals surface area contributed by atoms with Crippen molar-refractivity contribution >= 4 is 29.9 Å². The molecular formula is C17H26ClN3O2. The van der Waals surface area contributed by atoms with Gasteiger partial charge in [0, 0.05) is 30.8 Å². The Bertz CT molecular complexity index is 516. The van der Waals surface area contributed by atoms with Gasteiger partial charge in [-0.25, -0.2) is 0 Å². The Kier molecular flexibility index (Phi) is 8.66. The molecule has 1 aliphatic rings. The minimum Gasteiger partial charge on any atom is -0.339 e. The van der Waals surface area contributed by atoms with Crippen LogP contribution >= 0.6 is 12.4 Å². The minimum atomic E-state index is -0.0159. The molecule has 1 aromatic carbocycles. The first-order valence-electron chi connectivity index (χ1n) is 8.04. The van der Waals surface area contributed by atoms with E-state index in [2.05, 4.69) is 10.6 Å². The molecule has 0 radical (unpaired) electrons. The summed E-state index contributed by atoms with van der Waals surface area (Å²) in [7, 11) is 1.87. The van der Waals surface area contributed by atoms with Crippen LogP contribution in [-0.4, -0.2) is 43.4 Å². The molecule has 0 spiro atoms. The number of halogens is 1. The quantitative estimate of drug-likeness (QED) is 0.783. The summed E-state index contributed by atoms with van der Waals surface area (Å²) in [4.78, 5) is 26.2. The molecule has 0 atom stereocenters. The fourth-order valence-corrected chi connectivity index (χ4v) is 2.66. The molecule has 128 valence electrons. The van der Waals surface area contributed by atoms with E-state index in [0.717, 1.165) is 38.9 Å². The Hall–Kier alpha value is -1.59. The van der Waals surface area contributed by atoms with Crippen molar-refractivity contribution in [3.8, 4) is 0 Å². The maximum atomic E-state index is 12.5. The predicted octanol–water partition coefficient (Wildman–Crippen LogP) is 2.67. The van der Waals surface area contributed by atoms with E-state index in [-0.39, 0.29) is 24.2 Å². The minimum absolute atomic E-state index is 0. The van der Waals surface area contributed by atoms with E-state index in [1.807, 2.05) is 30.1 Å². The Morgan fingerprint density at radius 1 is 1.17 bits per heavy atom. The van der Waals surface area contributed by atoms with Crippen molar-refractivity contribution in [3.63, 3.8) is 0 Å². The number of nitrogens with one attached hydrogen (secondary N) is 2. The molecule has 1 saturated heterocycles. The van der Waals surface area contributed by atoms with Crippen molar-refractivity contribution in [2.45, 2.75) is 32.1 Å². The third kappa shape index (κ3) is 6.20. The molecule has 2 N–H and O–H groups in total. The second kappa shape index (κ2) is 10.2. The highest BCUT2D eigenvalue weighted by Crippen LogP contribution is 2.16. The molecule has 2 rings (SSSR count). The molecule has 23 heavy (non-hydrogen) atoms. The van der Waals surface area contributed by atoms with E-state index in [0.29, 0.717) is 17.7 Å². The number of nitrogens with zero attached hydrogens (tertiary/aromatic N) is 1. The van der Waals surface area contributed by atoms with E-state index in [4.69, 9.17) is 0 Å². The van der Waals surface area contributed by atoms with Crippen LogP contribution < -0.4 is 10.6 Å². The maximum Gasteiger partial charge on any atom is 0.253 e. The van der Waals surface area contributed by atoms with Crippen LogP contribution in [0.5, 0.6) is 0 Å². The molecule has 0 saturated carbocycles. The zero-order valence-corrected chi connectivity index (χ0v) is 14.5. The topological polar surface area (TPSA) is 61.4 Å². The Labute approximate surface area is 144 Å². The van der Waals surface area contributed by atoms with Gasteiger partial charge in [0.1, 0.15) is 0 Å². The molecule has 6 heteroatoms. The van der Waals surface area contributed by atoms with Gasteiger partial charge in [-0.15, -0.1) is 12.4 Å². The van der Waals surface area contributed by atoms with Gasteiger partial charge in [-0.3, -0.25) is 9.59 Å². The first-order chi connectivity index (χ1) is 10.7. The lowest BCUT2D eigenvalue weighted by Gasteiger charge is -2.26. The molecule has 1 aliphatic heterocycles. The second-order valence-electron chi connectivity index (χ2n) is 5.69. The van der Waals surface area contributed by atoms with Crippen molar-refractivity contribution in [1.82, 2.24) is 10.2 Å². The normalized spacial score (nSPS) is 14.0. The largest absolute Gasteiger partial charge is 0.339 e. The lowest BCUT2D eigenvalue weighted by Crippen LogP contribution is -2.35. The van der Waals surface area contributed by atoms with Gasteiger partial charge in [0.2, 0.25) is 5.91 Å². The fourth-order valence-electron chi connectivity index (χ4n) is 2.66. The molecule has 1 aromatic rings. The number of anilines is 1. The molecule has 2 amide bonds. The van der Waals surface area contributed by atoms with Crippen molar-refractivity contribution < 1.29 is 9.59 Å². The molecular weight excluding hydrogens is 314 g/mol. The van der Waals surface area contributed by atoms with Crippen LogP contribution in [-0.2, 0) is 4.79 Å². The van der Waals surface area contributed by atoms with Crippen LogP contribution in [0.4, 0.5) is 5.69 Å². The first kappa shape index (κ1) is 19.5. The number of likely N-dealkylation sites (tertiary alicyclic amines) is 1. The molecule has 5 nitrogen and oxygen atoms in total. The van der Waals surface area contributed by atoms with E-state index >= 15 is 0 Å². The fraction of sp³-hybridized carbons (Fsp3) is 0.529. The zero-order chi connectivity index (χ0) is 15.8. The standard InChI is InChI=1S/C17H25N3O2.ClH/c1-18-10-6-9-16(21)19-15-8-5-7-14(13-15)17(22)20-11-3-2-4-12-20;/h5,7-8,13,18H,2-4,6,9-12H2,1H3,(H,19,21);1H. The summed E-state index contributed by atoms with van der Waals surface area (Å²) in [6, 6.07) is 7.23. The van der Waals surface area contributed by atoms with Crippen LogP contribution in [0.15, 0.2) is 24.3 Å². The van der Waals surface area contributed by atoms with Gasteiger partial charge in [-0.05, 0) is 57.5 Å². The number of carbonyl (C=O) groups is 2. The number of amides is 2. The molecule has 0 aromatic heterocycles. The maximum absolute atomic E-state index is 12.5. The van der Waals surface area contributed by atoms with E-state index < -0.39 is 0 Å². The number of benzene rings is 1. The number of hydrogen-bond donors (Lipinski definition) is 2. The zero-order valence-electron chi connectivity index (χ0n) is 13.6. The lowest BCUT2D eigenvalue weighted by molar-refractivity contribution is -0.116. The van der Waals surface area contributed by atoms with Gasteiger partial charge in [-0.2, -0.15) is 0 Å². The second-order valence-corrected chi connectivity index (χ2v) is 5.69. The Morgan fingerprint density at radius 2 is 1.91 bits per heavy atom. The third-order valence-electron chi connectivity index (χ3n) is 3.87. The predicted molar refractivity (Wildman–Crippen MR) is 95.2 cm³/mol. The van der Waals surface area contributed by atoms with Crippen molar-refractivity contribution in [2.75, 3.05) is 32.0 Å². The highest BCUT2D eigenvalue weighted by molar-refractivity contribution is 5.97. The van der Waals surface area contributed by atoms with Gasteiger partial charge in [0.15, 0.2) is 0 Å². The van der Waals surface area contributed by atoms with E-state index in [1.165, 1.54) is 6.42 Å². The molecule has 0 bridgehead atoms. The van der Waals surface area contributed by atoms with Gasteiger partial charge in [-0.1, -0.05) is 6.07 Å². The Morgan fingerprint density at radius 3 is 2.61 bits per heavy atom. The van der Waals surface area contributed by atoms with Crippen molar-refractivity contribution in [1.29, 1.82) is 0 Å². The highest BCUT2D eigenvalue weighted by atomic mass is 35.5. The number of piperidine rings is 1. The molecule has 1 fully saturated rings. The average molecular weight is 340 g/mol. The third-order valence-corrected chi connectivity index (χ3v) is 3.87. The summed E-state index contributed by atoms with van der Waals surface area (Å²) in [5.41, 5.74) is 1.34. The van der Waals surface area contributed by atoms with Crippen LogP contribution in [0.1, 0.15) is 42.5 Å². The molecule has 1 heterocycles. The van der Waals surface area contributed by atoms with Crippen molar-refractivity contribution in [3.05, 3.63) is 29.8 Å². The average Bonchev–Trinajstić information content (AvgIpc) is 2.55. The molecule has 0 aliphatic carbocycles. The molecule has 0 unspecified atom stereocenters. The summed E-state index contributed by atoms with van der Waals surface area (Å²) < 4.78 is 0. The summed E-state index contributed by atoms with van der Waals surface area (Å²) >= 11 is 0.